The molecule has 0 unspecified atom stereocenters. The molecule has 0 radical (unpaired) electrons. The van der Waals surface area contributed by atoms with E-state index in [-0.39, 0.29) is 28.8 Å². The highest BCUT2D eigenvalue weighted by atomic mass is 19.1. The van der Waals surface area contributed by atoms with Crippen molar-refractivity contribution in [2.45, 2.75) is 32.6 Å². The Morgan fingerprint density at radius 1 is 1.03 bits per heavy atom. The first kappa shape index (κ1) is 21.6. The lowest BCUT2D eigenvalue weighted by molar-refractivity contribution is 0.0708. The molecule has 1 aliphatic heterocycles. The van der Waals surface area contributed by atoms with Gasteiger partial charge in [-0.3, -0.25) is 9.59 Å². The number of halogens is 1. The molecule has 0 atom stereocenters. The second kappa shape index (κ2) is 8.86. The van der Waals surface area contributed by atoms with Gasteiger partial charge in [-0.2, -0.15) is 4.73 Å². The van der Waals surface area contributed by atoms with Crippen LogP contribution in [0.25, 0.3) is 0 Å². The van der Waals surface area contributed by atoms with E-state index >= 15 is 0 Å². The Kier molecular flexibility index (Phi) is 5.99. The van der Waals surface area contributed by atoms with E-state index in [1.165, 1.54) is 18.3 Å². The van der Waals surface area contributed by atoms with E-state index in [2.05, 4.69) is 5.32 Å². The molecule has 0 spiro atoms. The van der Waals surface area contributed by atoms with Gasteiger partial charge >= 0.3 is 0 Å². The van der Waals surface area contributed by atoms with Gasteiger partial charge in [-0.05, 0) is 62.4 Å². The first-order chi connectivity index (χ1) is 15.3. The maximum absolute atomic E-state index is 13.4. The van der Waals surface area contributed by atoms with Crippen LogP contribution in [0.5, 0.6) is 0 Å². The summed E-state index contributed by atoms with van der Waals surface area (Å²) < 4.78 is 13.7. The van der Waals surface area contributed by atoms with Gasteiger partial charge < -0.3 is 15.4 Å². The van der Waals surface area contributed by atoms with E-state index in [0.717, 1.165) is 29.7 Å². The number of pyridine rings is 1. The number of aryl methyl sites for hydroxylation is 1. The maximum atomic E-state index is 13.4. The van der Waals surface area contributed by atoms with Crippen LogP contribution >= 0.6 is 0 Å². The predicted octanol–water partition coefficient (Wildman–Crippen LogP) is 4.60. The topological polar surface area (TPSA) is 74.6 Å². The maximum Gasteiger partial charge on any atom is 0.287 e. The van der Waals surface area contributed by atoms with Crippen LogP contribution in [0.4, 0.5) is 15.8 Å². The van der Waals surface area contributed by atoms with Gasteiger partial charge in [0, 0.05) is 24.3 Å². The molecule has 3 aromatic rings. The third-order valence-corrected chi connectivity index (χ3v) is 6.10. The quantitative estimate of drug-likeness (QED) is 0.587. The smallest absolute Gasteiger partial charge is 0.287 e. The molecule has 4 rings (SSSR count). The van der Waals surface area contributed by atoms with E-state index in [9.17, 15) is 19.2 Å². The lowest BCUT2D eigenvalue weighted by Crippen LogP contribution is -2.39. The summed E-state index contributed by atoms with van der Waals surface area (Å²) in [5.74, 6) is -0.245. The fourth-order valence-electron chi connectivity index (χ4n) is 4.15. The zero-order valence-electron chi connectivity index (χ0n) is 18.1. The van der Waals surface area contributed by atoms with E-state index in [4.69, 9.17) is 0 Å². The average molecular weight is 435 g/mol. The van der Waals surface area contributed by atoms with Gasteiger partial charge in [-0.25, -0.2) is 4.39 Å². The zero-order valence-corrected chi connectivity index (χ0v) is 18.1. The summed E-state index contributed by atoms with van der Waals surface area (Å²) in [4.78, 5) is 27.4. The number of likely N-dealkylation sites (tertiary alicyclic amines) is 1. The number of nitrogens with zero attached hydrogens (tertiary/aromatic N) is 2. The normalized spacial score (nSPS) is 14.4. The fourth-order valence-corrected chi connectivity index (χ4v) is 4.15. The second-order valence-corrected chi connectivity index (χ2v) is 8.30. The van der Waals surface area contributed by atoms with Crippen LogP contribution in [0.3, 0.4) is 0 Å². The fraction of sp³-hybridized carbons (Fsp3) is 0.280. The van der Waals surface area contributed by atoms with E-state index in [1.54, 1.807) is 24.0 Å². The molecular weight excluding hydrogens is 409 g/mol. The molecule has 1 saturated heterocycles. The minimum Gasteiger partial charge on any atom is -0.425 e. The van der Waals surface area contributed by atoms with Gasteiger partial charge in [-0.15, -0.1) is 0 Å². The first-order valence-electron chi connectivity index (χ1n) is 10.7. The SMILES string of the molecule is Cc1ccc(Nc2c(C(=O)N3CCC(c4ccc(F)cc4)CC3)cn(O)c(=O)c2C)cc1. The Morgan fingerprint density at radius 3 is 2.28 bits per heavy atom. The van der Waals surface area contributed by atoms with Gasteiger partial charge in [0.05, 0.1) is 17.4 Å². The summed E-state index contributed by atoms with van der Waals surface area (Å²) >= 11 is 0. The molecule has 7 heteroatoms. The molecule has 2 N–H and O–H groups in total. The Bertz CT molecular complexity index is 1180. The average Bonchev–Trinajstić information content (AvgIpc) is 2.81. The number of benzene rings is 2. The van der Waals surface area contributed by atoms with E-state index < -0.39 is 5.56 Å². The van der Waals surface area contributed by atoms with Crippen LogP contribution < -0.4 is 10.9 Å². The molecule has 1 amide bonds. The summed E-state index contributed by atoms with van der Waals surface area (Å²) in [6.07, 6.45) is 2.70. The molecule has 1 aliphatic rings. The number of anilines is 2. The Morgan fingerprint density at radius 2 is 1.66 bits per heavy atom. The highest BCUT2D eigenvalue weighted by Gasteiger charge is 2.28. The molecule has 166 valence electrons. The van der Waals surface area contributed by atoms with Crippen molar-refractivity contribution in [1.82, 2.24) is 9.63 Å². The zero-order chi connectivity index (χ0) is 22.8. The Labute approximate surface area is 185 Å². The predicted molar refractivity (Wildman–Crippen MR) is 121 cm³/mol. The van der Waals surface area contributed by atoms with Crippen molar-refractivity contribution in [3.63, 3.8) is 0 Å². The molecule has 32 heavy (non-hydrogen) atoms. The Hall–Kier alpha value is -3.61. The van der Waals surface area contributed by atoms with Crippen molar-refractivity contribution < 1.29 is 14.4 Å². The lowest BCUT2D eigenvalue weighted by Gasteiger charge is -2.33. The van der Waals surface area contributed by atoms with Gasteiger partial charge in [0.1, 0.15) is 5.82 Å². The number of hydrogen-bond donors (Lipinski definition) is 2. The molecule has 2 heterocycles. The van der Waals surface area contributed by atoms with Crippen LogP contribution in [0.2, 0.25) is 0 Å². The molecule has 1 fully saturated rings. The number of nitrogens with one attached hydrogen (secondary N) is 1. The van der Waals surface area contributed by atoms with E-state index in [0.29, 0.717) is 23.5 Å². The van der Waals surface area contributed by atoms with Crippen molar-refractivity contribution in [3.8, 4) is 0 Å². The summed E-state index contributed by atoms with van der Waals surface area (Å²) in [5, 5.41) is 13.2. The molecule has 0 aliphatic carbocycles. The highest BCUT2D eigenvalue weighted by molar-refractivity contribution is 6.00. The Balaban J connectivity index is 1.57. The second-order valence-electron chi connectivity index (χ2n) is 8.30. The van der Waals surface area contributed by atoms with Crippen LogP contribution in [-0.4, -0.2) is 33.8 Å². The summed E-state index contributed by atoms with van der Waals surface area (Å²) in [6.45, 7) is 4.64. The van der Waals surface area contributed by atoms with Gasteiger partial charge in [0.25, 0.3) is 11.5 Å². The number of piperidine rings is 1. The minimum absolute atomic E-state index is 0.241. The minimum atomic E-state index is -0.578. The van der Waals surface area contributed by atoms with Crippen LogP contribution in [-0.2, 0) is 0 Å². The summed E-state index contributed by atoms with van der Waals surface area (Å²) in [5.41, 5.74) is 3.24. The summed E-state index contributed by atoms with van der Waals surface area (Å²) in [7, 11) is 0. The highest BCUT2D eigenvalue weighted by Crippen LogP contribution is 2.30. The molecule has 0 bridgehead atoms. The van der Waals surface area contributed by atoms with Crippen molar-refractivity contribution in [2.75, 3.05) is 18.4 Å². The summed E-state index contributed by atoms with van der Waals surface area (Å²) in [6, 6.07) is 14.1. The van der Waals surface area contributed by atoms with Gasteiger partial charge in [-0.1, -0.05) is 29.8 Å². The van der Waals surface area contributed by atoms with Crippen molar-refractivity contribution in [2.24, 2.45) is 0 Å². The number of carbonyl (C=O) groups excluding carboxylic acids is 1. The third-order valence-electron chi connectivity index (χ3n) is 6.10. The van der Waals surface area contributed by atoms with E-state index in [1.807, 2.05) is 31.2 Å². The van der Waals surface area contributed by atoms with Gasteiger partial charge in [0.2, 0.25) is 0 Å². The number of aromatic nitrogens is 1. The number of hydrogen-bond acceptors (Lipinski definition) is 4. The number of carbonyl (C=O) groups is 1. The lowest BCUT2D eigenvalue weighted by atomic mass is 9.89. The first-order valence-corrected chi connectivity index (χ1v) is 10.7. The largest absolute Gasteiger partial charge is 0.425 e. The van der Waals surface area contributed by atoms with Crippen LogP contribution in [0.1, 0.15) is 45.8 Å². The number of rotatable bonds is 4. The molecule has 2 aromatic carbocycles. The molecule has 0 saturated carbocycles. The monoisotopic (exact) mass is 435 g/mol. The van der Waals surface area contributed by atoms with Crippen LogP contribution in [0.15, 0.2) is 59.5 Å². The molecule has 1 aromatic heterocycles. The van der Waals surface area contributed by atoms with Crippen molar-refractivity contribution in [3.05, 3.63) is 93.2 Å². The van der Waals surface area contributed by atoms with Gasteiger partial charge in [0.15, 0.2) is 0 Å². The molecular formula is C25H26FN3O3. The molecule has 6 nitrogen and oxygen atoms in total. The number of amides is 1. The van der Waals surface area contributed by atoms with Crippen LogP contribution in [0, 0.1) is 19.7 Å². The third kappa shape index (κ3) is 4.37. The standard InChI is InChI=1S/C25H26FN3O3/c1-16-3-9-21(10-4-16)27-23-17(2)24(30)29(32)15-22(23)25(31)28-13-11-19(12-14-28)18-5-7-20(26)8-6-18/h3-10,15,19,27,32H,11-14H2,1-2H3. The van der Waals surface area contributed by atoms with Crippen molar-refractivity contribution in [1.29, 1.82) is 0 Å². The van der Waals surface area contributed by atoms with Crippen molar-refractivity contribution >= 4 is 17.3 Å².